The molecule has 0 atom stereocenters. The highest BCUT2D eigenvalue weighted by atomic mass is 16.5. The average molecular weight is 259 g/mol. The molecule has 0 radical (unpaired) electrons. The predicted molar refractivity (Wildman–Crippen MR) is 66.8 cm³/mol. The lowest BCUT2D eigenvalue weighted by Gasteiger charge is -2.24. The molecule has 0 bridgehead atoms. The van der Waals surface area contributed by atoms with Crippen LogP contribution in [-0.2, 0) is 20.9 Å². The summed E-state index contributed by atoms with van der Waals surface area (Å²) in [7, 11) is 0. The van der Waals surface area contributed by atoms with E-state index in [2.05, 4.69) is 11.8 Å². The van der Waals surface area contributed by atoms with E-state index in [1.54, 1.807) is 18.2 Å². The zero-order chi connectivity index (χ0) is 13.7. The molecule has 1 aromatic rings. The predicted octanol–water partition coefficient (Wildman–Crippen LogP) is -0.0842. The second-order valence-corrected chi connectivity index (χ2v) is 4.03. The third kappa shape index (κ3) is 3.41. The van der Waals surface area contributed by atoms with Gasteiger partial charge in [-0.25, -0.2) is 0 Å². The number of hydrogen-bond acceptors (Lipinski definition) is 4. The summed E-state index contributed by atoms with van der Waals surface area (Å²) in [6, 6.07) is 7.21. The van der Waals surface area contributed by atoms with Gasteiger partial charge in [0.05, 0.1) is 6.54 Å². The molecule has 0 aromatic heterocycles. The highest BCUT2D eigenvalue weighted by molar-refractivity contribution is 5.98. The third-order valence-electron chi connectivity index (χ3n) is 2.63. The van der Waals surface area contributed by atoms with E-state index in [9.17, 15) is 9.59 Å². The Hall–Kier alpha value is -2.16. The van der Waals surface area contributed by atoms with Crippen LogP contribution in [0.4, 0.5) is 0 Å². The van der Waals surface area contributed by atoms with Crippen molar-refractivity contribution >= 4 is 11.8 Å². The minimum absolute atomic E-state index is 0.0598. The fourth-order valence-electron chi connectivity index (χ4n) is 1.77. The Balaban J connectivity index is 2.14. The Labute approximate surface area is 110 Å². The molecule has 0 unspecified atom stereocenters. The van der Waals surface area contributed by atoms with E-state index < -0.39 is 0 Å². The van der Waals surface area contributed by atoms with Gasteiger partial charge in [0.15, 0.2) is 0 Å². The number of benzene rings is 1. The zero-order valence-electron chi connectivity index (χ0n) is 10.3. The van der Waals surface area contributed by atoms with Gasteiger partial charge in [-0.05, 0) is 17.7 Å². The van der Waals surface area contributed by atoms with Crippen molar-refractivity contribution in [3.8, 4) is 11.8 Å². The summed E-state index contributed by atoms with van der Waals surface area (Å²) in [6.07, 6.45) is 0. The van der Waals surface area contributed by atoms with Gasteiger partial charge < -0.3 is 9.84 Å². The molecule has 0 saturated carbocycles. The van der Waals surface area contributed by atoms with Crippen LogP contribution in [0.3, 0.4) is 0 Å². The van der Waals surface area contributed by atoms with Gasteiger partial charge in [0, 0.05) is 5.56 Å². The highest BCUT2D eigenvalue weighted by Crippen LogP contribution is 2.10. The molecule has 19 heavy (non-hydrogen) atoms. The smallest absolute Gasteiger partial charge is 0.255 e. The second kappa shape index (κ2) is 6.14. The molecule has 1 aliphatic rings. The Morgan fingerprint density at radius 1 is 1.26 bits per heavy atom. The van der Waals surface area contributed by atoms with Crippen molar-refractivity contribution in [3.63, 3.8) is 0 Å². The Morgan fingerprint density at radius 3 is 2.68 bits per heavy atom. The van der Waals surface area contributed by atoms with Gasteiger partial charge in [0.2, 0.25) is 0 Å². The fraction of sp³-hybridized carbons (Fsp3) is 0.286. The van der Waals surface area contributed by atoms with Crippen LogP contribution in [-0.4, -0.2) is 41.6 Å². The summed E-state index contributed by atoms with van der Waals surface area (Å²) in [4.78, 5) is 24.4. The molecule has 0 spiro atoms. The van der Waals surface area contributed by atoms with E-state index in [1.807, 2.05) is 6.07 Å². The quantitative estimate of drug-likeness (QED) is 0.595. The second-order valence-electron chi connectivity index (χ2n) is 4.03. The van der Waals surface area contributed by atoms with Crippen LogP contribution in [0, 0.1) is 11.8 Å². The van der Waals surface area contributed by atoms with Gasteiger partial charge >= 0.3 is 0 Å². The maximum absolute atomic E-state index is 11.6. The molecule has 1 heterocycles. The normalized spacial score (nSPS) is 15.1. The molecule has 1 saturated heterocycles. The topological polar surface area (TPSA) is 66.8 Å². The number of carbonyl (C=O) groups is 2. The molecule has 0 aliphatic carbocycles. The monoisotopic (exact) mass is 259 g/mol. The summed E-state index contributed by atoms with van der Waals surface area (Å²) >= 11 is 0. The number of carbonyl (C=O) groups excluding carboxylic acids is 2. The van der Waals surface area contributed by atoms with E-state index in [0.29, 0.717) is 0 Å². The minimum Gasteiger partial charge on any atom is -0.384 e. The van der Waals surface area contributed by atoms with Gasteiger partial charge in [-0.3, -0.25) is 14.5 Å². The molecule has 1 aromatic carbocycles. The number of rotatable bonds is 2. The van der Waals surface area contributed by atoms with E-state index in [4.69, 9.17) is 9.84 Å². The maximum Gasteiger partial charge on any atom is 0.255 e. The molecule has 5 heteroatoms. The van der Waals surface area contributed by atoms with Crippen molar-refractivity contribution in [1.82, 2.24) is 4.90 Å². The molecule has 1 aliphatic heterocycles. The van der Waals surface area contributed by atoms with Crippen molar-refractivity contribution in [1.29, 1.82) is 0 Å². The Bertz CT molecular complexity index is 540. The minimum atomic E-state index is -0.330. The zero-order valence-corrected chi connectivity index (χ0v) is 10.3. The largest absolute Gasteiger partial charge is 0.384 e. The van der Waals surface area contributed by atoms with Crippen LogP contribution < -0.4 is 0 Å². The molecule has 1 N–H and O–H groups in total. The number of morpholine rings is 1. The average Bonchev–Trinajstić information content (AvgIpc) is 2.41. The van der Waals surface area contributed by atoms with Gasteiger partial charge in [-0.1, -0.05) is 24.0 Å². The van der Waals surface area contributed by atoms with Crippen LogP contribution >= 0.6 is 0 Å². The maximum atomic E-state index is 11.6. The molecule has 2 amide bonds. The summed E-state index contributed by atoms with van der Waals surface area (Å²) in [5.41, 5.74) is 1.55. The lowest BCUT2D eigenvalue weighted by atomic mass is 10.1. The molecule has 5 nitrogen and oxygen atoms in total. The van der Waals surface area contributed by atoms with Gasteiger partial charge in [-0.2, -0.15) is 0 Å². The van der Waals surface area contributed by atoms with Crippen LogP contribution in [0.15, 0.2) is 24.3 Å². The van der Waals surface area contributed by atoms with Crippen molar-refractivity contribution in [2.24, 2.45) is 0 Å². The van der Waals surface area contributed by atoms with Gasteiger partial charge in [-0.15, -0.1) is 0 Å². The van der Waals surface area contributed by atoms with Crippen LogP contribution in [0.1, 0.15) is 11.1 Å². The van der Waals surface area contributed by atoms with E-state index in [1.165, 1.54) is 4.90 Å². The molecule has 98 valence electrons. The first-order valence-corrected chi connectivity index (χ1v) is 5.80. The van der Waals surface area contributed by atoms with Crippen molar-refractivity contribution in [3.05, 3.63) is 35.4 Å². The molecular weight excluding hydrogens is 246 g/mol. The first kappa shape index (κ1) is 13.3. The molecular formula is C14H13NO4. The van der Waals surface area contributed by atoms with Crippen molar-refractivity contribution in [2.45, 2.75) is 6.54 Å². The molecule has 1 fully saturated rings. The SMILES string of the molecule is O=C1COCC(=O)N1Cc1cccc(C#CCO)c1. The fourth-order valence-corrected chi connectivity index (χ4v) is 1.77. The van der Waals surface area contributed by atoms with Gasteiger partial charge in [0.1, 0.15) is 19.8 Å². The Kier molecular flexibility index (Phi) is 4.29. The van der Waals surface area contributed by atoms with Crippen molar-refractivity contribution < 1.29 is 19.4 Å². The summed E-state index contributed by atoms with van der Waals surface area (Å²) in [6.45, 7) is -0.105. The summed E-state index contributed by atoms with van der Waals surface area (Å²) in [5, 5.41) is 8.64. The summed E-state index contributed by atoms with van der Waals surface area (Å²) < 4.78 is 4.85. The highest BCUT2D eigenvalue weighted by Gasteiger charge is 2.26. The third-order valence-corrected chi connectivity index (χ3v) is 2.63. The number of hydrogen-bond donors (Lipinski definition) is 1. The van der Waals surface area contributed by atoms with E-state index in [-0.39, 0.29) is 38.2 Å². The number of amides is 2. The molecule has 2 rings (SSSR count). The lowest BCUT2D eigenvalue weighted by molar-refractivity contribution is -0.159. The number of aliphatic hydroxyl groups excluding tert-OH is 1. The van der Waals surface area contributed by atoms with E-state index >= 15 is 0 Å². The first-order chi connectivity index (χ1) is 9.20. The summed E-state index contributed by atoms with van der Waals surface area (Å²) in [5.74, 6) is 4.67. The van der Waals surface area contributed by atoms with E-state index in [0.717, 1.165) is 11.1 Å². The number of nitrogens with zero attached hydrogens (tertiary/aromatic N) is 1. The Morgan fingerprint density at radius 2 is 2.00 bits per heavy atom. The van der Waals surface area contributed by atoms with Crippen molar-refractivity contribution in [2.75, 3.05) is 19.8 Å². The lowest BCUT2D eigenvalue weighted by Crippen LogP contribution is -2.45. The number of aliphatic hydroxyl groups is 1. The number of ether oxygens (including phenoxy) is 1. The van der Waals surface area contributed by atoms with Crippen LogP contribution in [0.25, 0.3) is 0 Å². The van der Waals surface area contributed by atoms with Crippen LogP contribution in [0.5, 0.6) is 0 Å². The first-order valence-electron chi connectivity index (χ1n) is 5.80. The van der Waals surface area contributed by atoms with Crippen LogP contribution in [0.2, 0.25) is 0 Å². The number of imide groups is 1. The van der Waals surface area contributed by atoms with Gasteiger partial charge in [0.25, 0.3) is 11.8 Å². The standard InChI is InChI=1S/C14H13NO4/c16-6-2-5-11-3-1-4-12(7-11)8-15-13(17)9-19-10-14(15)18/h1,3-4,7,16H,6,8-10H2.